The summed E-state index contributed by atoms with van der Waals surface area (Å²) in [7, 11) is 0. The molecule has 104 valence electrons. The molecule has 0 spiro atoms. The minimum Gasteiger partial charge on any atom is -0.481 e. The van der Waals surface area contributed by atoms with Gasteiger partial charge in [0, 0.05) is 0 Å². The van der Waals surface area contributed by atoms with E-state index >= 15 is 0 Å². The third-order valence-electron chi connectivity index (χ3n) is 2.61. The fourth-order valence-corrected chi connectivity index (χ4v) is 1.80. The molecule has 0 fully saturated rings. The van der Waals surface area contributed by atoms with Crippen LogP contribution in [-0.2, 0) is 4.79 Å². The Labute approximate surface area is 121 Å². The maximum Gasteiger partial charge on any atom is 0.265 e. The number of nitrogens with one attached hydrogen (secondary N) is 1. The molecule has 2 aromatic rings. The Bertz CT molecular complexity index is 604. The molecule has 20 heavy (non-hydrogen) atoms. The summed E-state index contributed by atoms with van der Waals surface area (Å²) in [5.41, 5.74) is 0.349. The molecule has 0 heterocycles. The van der Waals surface area contributed by atoms with Crippen LogP contribution in [0.4, 0.5) is 10.1 Å². The zero-order chi connectivity index (χ0) is 14.5. The molecule has 0 saturated carbocycles. The van der Waals surface area contributed by atoms with E-state index in [-0.39, 0.29) is 10.9 Å². The topological polar surface area (TPSA) is 38.3 Å². The highest BCUT2D eigenvalue weighted by molar-refractivity contribution is 6.33. The monoisotopic (exact) mass is 293 g/mol. The molecule has 2 aromatic carbocycles. The predicted molar refractivity (Wildman–Crippen MR) is 76.6 cm³/mol. The Morgan fingerprint density at radius 3 is 2.60 bits per heavy atom. The van der Waals surface area contributed by atoms with Gasteiger partial charge < -0.3 is 10.1 Å². The standard InChI is InChI=1S/C15H13ClFNO2/c1-10(20-12-5-3-2-4-6-12)15(19)18-14-8-7-11(17)9-13(14)16/h2-10H,1H3,(H,18,19). The van der Waals surface area contributed by atoms with Gasteiger partial charge in [0.15, 0.2) is 6.10 Å². The second-order valence-electron chi connectivity index (χ2n) is 4.19. The molecule has 1 amide bonds. The van der Waals surface area contributed by atoms with Crippen molar-refractivity contribution in [1.29, 1.82) is 0 Å². The summed E-state index contributed by atoms with van der Waals surface area (Å²) >= 11 is 5.84. The highest BCUT2D eigenvalue weighted by Gasteiger charge is 2.16. The molecule has 0 aromatic heterocycles. The molecule has 5 heteroatoms. The van der Waals surface area contributed by atoms with Crippen LogP contribution in [0.2, 0.25) is 5.02 Å². The van der Waals surface area contributed by atoms with Crippen LogP contribution in [0, 0.1) is 5.82 Å². The van der Waals surface area contributed by atoms with Gasteiger partial charge in [-0.3, -0.25) is 4.79 Å². The quantitative estimate of drug-likeness (QED) is 0.929. The summed E-state index contributed by atoms with van der Waals surface area (Å²) in [6.07, 6.45) is -0.696. The minimum absolute atomic E-state index is 0.144. The third-order valence-corrected chi connectivity index (χ3v) is 2.93. The Balaban J connectivity index is 2.01. The van der Waals surface area contributed by atoms with Gasteiger partial charge in [0.25, 0.3) is 5.91 Å². The zero-order valence-corrected chi connectivity index (χ0v) is 11.5. The fourth-order valence-electron chi connectivity index (χ4n) is 1.58. The van der Waals surface area contributed by atoms with Crippen LogP contribution in [0.5, 0.6) is 5.75 Å². The summed E-state index contributed by atoms with van der Waals surface area (Å²) < 4.78 is 18.4. The van der Waals surface area contributed by atoms with Crippen molar-refractivity contribution in [1.82, 2.24) is 0 Å². The van der Waals surface area contributed by atoms with Crippen LogP contribution < -0.4 is 10.1 Å². The lowest BCUT2D eigenvalue weighted by Gasteiger charge is -2.15. The van der Waals surface area contributed by atoms with Crippen LogP contribution in [-0.4, -0.2) is 12.0 Å². The highest BCUT2D eigenvalue weighted by Crippen LogP contribution is 2.22. The number of hydrogen-bond donors (Lipinski definition) is 1. The predicted octanol–water partition coefficient (Wildman–Crippen LogP) is 3.89. The number of hydrogen-bond acceptors (Lipinski definition) is 2. The lowest BCUT2D eigenvalue weighted by Crippen LogP contribution is -2.30. The number of halogens is 2. The second-order valence-corrected chi connectivity index (χ2v) is 4.59. The van der Waals surface area contributed by atoms with Gasteiger partial charge in [-0.05, 0) is 37.3 Å². The van der Waals surface area contributed by atoms with Gasteiger partial charge in [0.05, 0.1) is 10.7 Å². The van der Waals surface area contributed by atoms with Crippen LogP contribution in [0.3, 0.4) is 0 Å². The van der Waals surface area contributed by atoms with Gasteiger partial charge in [-0.1, -0.05) is 29.8 Å². The molecule has 1 atom stereocenters. The molecule has 0 saturated heterocycles. The van der Waals surface area contributed by atoms with Gasteiger partial charge in [0.1, 0.15) is 11.6 Å². The van der Waals surface area contributed by atoms with Crippen molar-refractivity contribution in [2.75, 3.05) is 5.32 Å². The van der Waals surface area contributed by atoms with E-state index in [0.717, 1.165) is 6.07 Å². The van der Waals surface area contributed by atoms with Crippen molar-refractivity contribution in [2.45, 2.75) is 13.0 Å². The fraction of sp³-hybridized carbons (Fsp3) is 0.133. The van der Waals surface area contributed by atoms with Gasteiger partial charge in [-0.15, -0.1) is 0 Å². The van der Waals surface area contributed by atoms with E-state index in [1.54, 1.807) is 19.1 Å². The van der Waals surface area contributed by atoms with Gasteiger partial charge in [-0.2, -0.15) is 0 Å². The molecule has 0 bridgehead atoms. The van der Waals surface area contributed by atoms with Crippen molar-refractivity contribution >= 4 is 23.2 Å². The maximum absolute atomic E-state index is 12.9. The van der Waals surface area contributed by atoms with Gasteiger partial charge >= 0.3 is 0 Å². The lowest BCUT2D eigenvalue weighted by atomic mass is 10.3. The van der Waals surface area contributed by atoms with E-state index < -0.39 is 11.9 Å². The Hall–Kier alpha value is -2.07. The van der Waals surface area contributed by atoms with Crippen LogP contribution in [0.1, 0.15) is 6.92 Å². The molecule has 3 nitrogen and oxygen atoms in total. The summed E-state index contributed by atoms with van der Waals surface area (Å²) in [5, 5.41) is 2.74. The number of para-hydroxylation sites is 1. The second kappa shape index (κ2) is 6.39. The van der Waals surface area contributed by atoms with E-state index in [1.807, 2.05) is 18.2 Å². The number of carbonyl (C=O) groups is 1. The maximum atomic E-state index is 12.9. The Kier molecular flexibility index (Phi) is 4.58. The number of carbonyl (C=O) groups excluding carboxylic acids is 1. The van der Waals surface area contributed by atoms with Crippen molar-refractivity contribution in [3.05, 3.63) is 59.4 Å². The lowest BCUT2D eigenvalue weighted by molar-refractivity contribution is -0.122. The molecular formula is C15H13ClFNO2. The molecule has 2 rings (SSSR count). The van der Waals surface area contributed by atoms with E-state index in [1.165, 1.54) is 12.1 Å². The smallest absolute Gasteiger partial charge is 0.265 e. The Morgan fingerprint density at radius 2 is 1.95 bits per heavy atom. The largest absolute Gasteiger partial charge is 0.481 e. The summed E-state index contributed by atoms with van der Waals surface area (Å²) in [6.45, 7) is 1.62. The van der Waals surface area contributed by atoms with Crippen molar-refractivity contribution < 1.29 is 13.9 Å². The average Bonchev–Trinajstić information content (AvgIpc) is 2.43. The number of benzene rings is 2. The molecular weight excluding hydrogens is 281 g/mol. The van der Waals surface area contributed by atoms with Crippen molar-refractivity contribution in [3.63, 3.8) is 0 Å². The van der Waals surface area contributed by atoms with Crippen molar-refractivity contribution in [2.24, 2.45) is 0 Å². The summed E-state index contributed by atoms with van der Waals surface area (Å²) in [5.74, 6) is -0.218. The number of anilines is 1. The van der Waals surface area contributed by atoms with Crippen molar-refractivity contribution in [3.8, 4) is 5.75 Å². The van der Waals surface area contributed by atoms with E-state index in [2.05, 4.69) is 5.32 Å². The number of rotatable bonds is 4. The molecule has 0 radical (unpaired) electrons. The highest BCUT2D eigenvalue weighted by atomic mass is 35.5. The minimum atomic E-state index is -0.696. The van der Waals surface area contributed by atoms with Crippen LogP contribution in [0.25, 0.3) is 0 Å². The van der Waals surface area contributed by atoms with Gasteiger partial charge in [0.2, 0.25) is 0 Å². The zero-order valence-electron chi connectivity index (χ0n) is 10.8. The number of amides is 1. The first-order valence-electron chi connectivity index (χ1n) is 6.04. The molecule has 0 aliphatic rings. The van der Waals surface area contributed by atoms with E-state index in [0.29, 0.717) is 11.4 Å². The molecule has 0 aliphatic heterocycles. The first kappa shape index (κ1) is 14.3. The first-order chi connectivity index (χ1) is 9.56. The first-order valence-corrected chi connectivity index (χ1v) is 6.41. The van der Waals surface area contributed by atoms with Crippen LogP contribution in [0.15, 0.2) is 48.5 Å². The summed E-state index contributed by atoms with van der Waals surface area (Å²) in [6, 6.07) is 12.8. The van der Waals surface area contributed by atoms with Crippen LogP contribution >= 0.6 is 11.6 Å². The third kappa shape index (κ3) is 3.71. The normalized spacial score (nSPS) is 11.8. The van der Waals surface area contributed by atoms with E-state index in [9.17, 15) is 9.18 Å². The molecule has 1 unspecified atom stereocenters. The van der Waals surface area contributed by atoms with E-state index in [4.69, 9.17) is 16.3 Å². The summed E-state index contributed by atoms with van der Waals surface area (Å²) in [4.78, 5) is 12.0. The molecule has 1 N–H and O–H groups in total. The molecule has 0 aliphatic carbocycles. The average molecular weight is 294 g/mol. The SMILES string of the molecule is CC(Oc1ccccc1)C(=O)Nc1ccc(F)cc1Cl. The Morgan fingerprint density at radius 1 is 1.25 bits per heavy atom. The van der Waals surface area contributed by atoms with Gasteiger partial charge in [-0.25, -0.2) is 4.39 Å². The number of ether oxygens (including phenoxy) is 1.